The summed E-state index contributed by atoms with van der Waals surface area (Å²) in [6, 6.07) is 0. The van der Waals surface area contributed by atoms with E-state index in [2.05, 4.69) is 20.1 Å². The fourth-order valence-corrected chi connectivity index (χ4v) is 2.39. The second-order valence-corrected chi connectivity index (χ2v) is 6.58. The Morgan fingerprint density at radius 3 is 2.40 bits per heavy atom. The van der Waals surface area contributed by atoms with Gasteiger partial charge >= 0.3 is 124 Å². The molecule has 0 spiro atoms. The molecule has 1 atom stereocenters. The van der Waals surface area contributed by atoms with E-state index in [0.29, 0.717) is 27.6 Å². The molecule has 0 aromatic carbocycles. The van der Waals surface area contributed by atoms with E-state index in [9.17, 15) is 4.79 Å². The van der Waals surface area contributed by atoms with Crippen LogP contribution in [0.1, 0.15) is 42.8 Å². The van der Waals surface area contributed by atoms with Crippen molar-refractivity contribution in [2.24, 2.45) is 5.73 Å². The number of aryl methyl sites for hydroxylation is 1. The molecule has 8 heteroatoms. The summed E-state index contributed by atoms with van der Waals surface area (Å²) >= 11 is 1.19. The number of rotatable bonds is 2. The zero-order valence-corrected chi connectivity index (χ0v) is 14.2. The van der Waals surface area contributed by atoms with Crippen LogP contribution >= 0.6 is 0 Å². The van der Waals surface area contributed by atoms with Crippen LogP contribution < -0.4 is 10.2 Å². The Hall–Kier alpha value is -1.75. The average molecular weight is 337 g/mol. The number of nitrogens with zero attached hydrogens (tertiary/aromatic N) is 4. The van der Waals surface area contributed by atoms with E-state index >= 15 is 0 Å². The number of aromatic nitrogens is 4. The number of carbonyl (C=O) groups excluding carboxylic acids is 1. The molecule has 7 nitrogen and oxygen atoms in total. The third-order valence-electron chi connectivity index (χ3n) is 2.61. The molecular weight excluding hydrogens is 321 g/mol. The van der Waals surface area contributed by atoms with E-state index < -0.39 is 5.91 Å². The number of hydrogen-bond acceptors (Lipinski definition) is 6. The van der Waals surface area contributed by atoms with Gasteiger partial charge in [0.2, 0.25) is 0 Å². The van der Waals surface area contributed by atoms with E-state index in [4.69, 9.17) is 10.3 Å². The quantitative estimate of drug-likeness (QED) is 0.740. The molecule has 2 heterocycles. The number of nitrogens with two attached hydrogens (primary N) is 1. The maximum atomic E-state index is 11.3. The van der Waals surface area contributed by atoms with Gasteiger partial charge in [0.1, 0.15) is 0 Å². The maximum absolute atomic E-state index is 11.3. The first-order valence-corrected chi connectivity index (χ1v) is 7.19. The van der Waals surface area contributed by atoms with E-state index in [1.807, 2.05) is 20.8 Å². The first-order chi connectivity index (χ1) is 9.20. The summed E-state index contributed by atoms with van der Waals surface area (Å²) in [5, 5.41) is 3.91. The summed E-state index contributed by atoms with van der Waals surface area (Å²) < 4.78 is 5.77. The molecule has 1 unspecified atom stereocenters. The number of primary amides is 1. The molecule has 106 valence electrons. The van der Waals surface area contributed by atoms with Gasteiger partial charge in [-0.3, -0.25) is 0 Å². The molecule has 0 aliphatic carbocycles. The first kappa shape index (κ1) is 14.7. The van der Waals surface area contributed by atoms with Crippen molar-refractivity contribution in [3.8, 4) is 11.5 Å². The van der Waals surface area contributed by atoms with E-state index in [0.717, 1.165) is 0 Å². The second-order valence-electron chi connectivity index (χ2n) is 5.43. The minimum absolute atomic E-state index is 0.146. The molecule has 2 N–H and O–H groups in total. The molecule has 0 radical (unpaired) electrons. The predicted octanol–water partition coefficient (Wildman–Crippen LogP) is -0.510. The fourth-order valence-electron chi connectivity index (χ4n) is 1.55. The van der Waals surface area contributed by atoms with Gasteiger partial charge in [-0.1, -0.05) is 0 Å². The van der Waals surface area contributed by atoms with Gasteiger partial charge in [-0.2, -0.15) is 0 Å². The average Bonchev–Trinajstić information content (AvgIpc) is 2.77. The molecule has 1 amide bonds. The third-order valence-corrected chi connectivity index (χ3v) is 3.45. The minimum atomic E-state index is -0.613. The summed E-state index contributed by atoms with van der Waals surface area (Å²) in [6.45, 7) is 7.68. The van der Waals surface area contributed by atoms with Crippen molar-refractivity contribution >= 4 is 27.2 Å². The van der Waals surface area contributed by atoms with Crippen LogP contribution in [-0.2, 0) is 5.41 Å². The molecule has 0 fully saturated rings. The SMILES string of the molecule is Cc1nc([AsH2])c(C(N)=O)nc1-c1noc(C(C)(C)C)n1. The summed E-state index contributed by atoms with van der Waals surface area (Å²) in [7, 11) is 0. The van der Waals surface area contributed by atoms with Gasteiger partial charge in [-0.05, 0) is 0 Å². The van der Waals surface area contributed by atoms with Crippen molar-refractivity contribution in [3.05, 3.63) is 17.3 Å². The van der Waals surface area contributed by atoms with Crippen LogP contribution in [0.15, 0.2) is 4.52 Å². The zero-order chi connectivity index (χ0) is 15.1. The van der Waals surface area contributed by atoms with Crippen LogP contribution in [0.3, 0.4) is 0 Å². The zero-order valence-electron chi connectivity index (χ0n) is 11.8. The van der Waals surface area contributed by atoms with Gasteiger partial charge in [-0.15, -0.1) is 0 Å². The molecule has 2 aromatic rings. The van der Waals surface area contributed by atoms with Gasteiger partial charge in [0.15, 0.2) is 0 Å². The Bertz CT molecular complexity index is 675. The normalized spacial score (nSPS) is 11.7. The van der Waals surface area contributed by atoms with Gasteiger partial charge in [-0.25, -0.2) is 0 Å². The van der Waals surface area contributed by atoms with Crippen LogP contribution in [0.5, 0.6) is 0 Å². The molecule has 0 aliphatic rings. The van der Waals surface area contributed by atoms with Crippen molar-refractivity contribution < 1.29 is 9.32 Å². The molecule has 0 bridgehead atoms. The van der Waals surface area contributed by atoms with Crippen LogP contribution in [0, 0.1) is 6.92 Å². The van der Waals surface area contributed by atoms with E-state index in [-0.39, 0.29) is 11.1 Å². The van der Waals surface area contributed by atoms with Crippen LogP contribution in [0.2, 0.25) is 0 Å². The van der Waals surface area contributed by atoms with Gasteiger partial charge in [0.25, 0.3) is 0 Å². The molecule has 0 aliphatic heterocycles. The number of hydrogen-bond donors (Lipinski definition) is 1. The molecule has 2 rings (SSSR count). The van der Waals surface area contributed by atoms with Crippen molar-refractivity contribution in [1.29, 1.82) is 0 Å². The second kappa shape index (κ2) is 4.98. The van der Waals surface area contributed by atoms with Crippen LogP contribution in [0.4, 0.5) is 0 Å². The van der Waals surface area contributed by atoms with E-state index in [1.165, 1.54) is 16.9 Å². The molecule has 2 aromatic heterocycles. The molecular formula is C12H16AsN5O2. The summed E-state index contributed by atoms with van der Waals surface area (Å²) in [5.41, 5.74) is 6.23. The number of amides is 1. The summed E-state index contributed by atoms with van der Waals surface area (Å²) in [4.78, 5) is 24.2. The predicted molar refractivity (Wildman–Crippen MR) is 75.5 cm³/mol. The topological polar surface area (TPSA) is 108 Å². The number of carbonyl (C=O) groups is 1. The Labute approximate surface area is 124 Å². The Morgan fingerprint density at radius 2 is 1.90 bits per heavy atom. The monoisotopic (exact) mass is 337 g/mol. The van der Waals surface area contributed by atoms with Gasteiger partial charge in [0, 0.05) is 0 Å². The van der Waals surface area contributed by atoms with Gasteiger partial charge in [0.05, 0.1) is 0 Å². The van der Waals surface area contributed by atoms with Crippen molar-refractivity contribution in [3.63, 3.8) is 0 Å². The Kier molecular flexibility index (Phi) is 3.65. The third kappa shape index (κ3) is 2.72. The van der Waals surface area contributed by atoms with Crippen molar-refractivity contribution in [2.75, 3.05) is 0 Å². The standard InChI is InChI=1S/C12H16AsN5O2/c1-5-6(16-7(9(14)19)8(13)15-5)10-17-11(20-18-10)12(2,3)4/h13H2,1-4H3,(H2,14,19). The summed E-state index contributed by atoms with van der Waals surface area (Å²) in [5.74, 6) is 0.201. The molecule has 0 saturated carbocycles. The van der Waals surface area contributed by atoms with Crippen molar-refractivity contribution in [2.45, 2.75) is 33.1 Å². The molecule has 20 heavy (non-hydrogen) atoms. The summed E-state index contributed by atoms with van der Waals surface area (Å²) in [6.07, 6.45) is 0. The van der Waals surface area contributed by atoms with E-state index in [1.54, 1.807) is 6.92 Å². The van der Waals surface area contributed by atoms with Crippen molar-refractivity contribution in [1.82, 2.24) is 20.1 Å². The fraction of sp³-hybridized carbons (Fsp3) is 0.417. The van der Waals surface area contributed by atoms with Crippen LogP contribution in [0.25, 0.3) is 11.5 Å². The Balaban J connectivity index is 2.55. The Morgan fingerprint density at radius 1 is 1.25 bits per heavy atom. The van der Waals surface area contributed by atoms with Crippen LogP contribution in [-0.4, -0.2) is 42.9 Å². The molecule has 0 saturated heterocycles. The first-order valence-electron chi connectivity index (χ1n) is 5.98. The van der Waals surface area contributed by atoms with Gasteiger partial charge < -0.3 is 0 Å².